The molecule has 0 unspecified atom stereocenters. The molecule has 0 amide bonds. The molecule has 0 aromatic heterocycles. The van der Waals surface area contributed by atoms with Crippen LogP contribution in [0.4, 0.5) is 4.79 Å². The fourth-order valence-electron chi connectivity index (χ4n) is 2.87. The molecule has 0 spiro atoms. The zero-order valence-corrected chi connectivity index (χ0v) is 18.0. The molecular formula is C19H36O5Si. The number of hydrogen-bond acceptors (Lipinski definition) is 5. The van der Waals surface area contributed by atoms with Gasteiger partial charge < -0.3 is 13.9 Å². The molecule has 0 aliphatic rings. The highest BCUT2D eigenvalue weighted by Gasteiger charge is 2.36. The molecule has 0 N–H and O–H groups in total. The van der Waals surface area contributed by atoms with Gasteiger partial charge in [-0.05, 0) is 43.6 Å². The minimum atomic E-state index is -1.86. The predicted octanol–water partition coefficient (Wildman–Crippen LogP) is 5.11. The van der Waals surface area contributed by atoms with Crippen molar-refractivity contribution < 1.29 is 23.5 Å². The van der Waals surface area contributed by atoms with Crippen LogP contribution in [-0.2, 0) is 18.7 Å². The highest BCUT2D eigenvalue weighted by atomic mass is 28.4. The van der Waals surface area contributed by atoms with Crippen LogP contribution in [0.25, 0.3) is 0 Å². The average Bonchev–Trinajstić information content (AvgIpc) is 2.62. The summed E-state index contributed by atoms with van der Waals surface area (Å²) in [6, 6.07) is 3.07. The Morgan fingerprint density at radius 1 is 1.00 bits per heavy atom. The van der Waals surface area contributed by atoms with Gasteiger partial charge in [-0.25, -0.2) is 4.79 Å². The smallest absolute Gasteiger partial charge is 0.435 e. The van der Waals surface area contributed by atoms with E-state index in [4.69, 9.17) is 13.9 Å². The van der Waals surface area contributed by atoms with Crippen LogP contribution in [0.5, 0.6) is 0 Å². The van der Waals surface area contributed by atoms with Crippen molar-refractivity contribution in [3.63, 3.8) is 0 Å². The zero-order valence-electron chi connectivity index (χ0n) is 17.0. The lowest BCUT2D eigenvalue weighted by Crippen LogP contribution is -2.44. The van der Waals surface area contributed by atoms with Crippen molar-refractivity contribution in [3.8, 4) is 0 Å². The summed E-state index contributed by atoms with van der Waals surface area (Å²) in [5.74, 6) is -0.0179. The first-order valence-corrected chi connectivity index (χ1v) is 12.0. The van der Waals surface area contributed by atoms with Crippen molar-refractivity contribution in [2.75, 3.05) is 13.2 Å². The van der Waals surface area contributed by atoms with E-state index in [1.807, 2.05) is 26.8 Å². The fourth-order valence-corrected chi connectivity index (χ4v) is 5.80. The molecule has 0 bridgehead atoms. The van der Waals surface area contributed by atoms with Gasteiger partial charge in [0.1, 0.15) is 12.4 Å². The van der Waals surface area contributed by atoms with Crippen molar-refractivity contribution in [2.24, 2.45) is 5.92 Å². The van der Waals surface area contributed by atoms with E-state index >= 15 is 0 Å². The normalized spacial score (nSPS) is 14.8. The lowest BCUT2D eigenvalue weighted by atomic mass is 9.93. The number of carbonyl (C=O) groups excluding carboxylic acids is 2. The van der Waals surface area contributed by atoms with Crippen LogP contribution in [0.15, 0.2) is 11.6 Å². The molecule has 0 aliphatic heterocycles. The molecule has 0 radical (unpaired) electrons. The summed E-state index contributed by atoms with van der Waals surface area (Å²) < 4.78 is 16.4. The fraction of sp³-hybridized carbons (Fsp3) is 0.789. The van der Waals surface area contributed by atoms with Crippen molar-refractivity contribution >= 4 is 20.3 Å². The molecule has 0 aromatic rings. The Labute approximate surface area is 154 Å². The first-order valence-electron chi connectivity index (χ1n) is 9.47. The molecule has 25 heavy (non-hydrogen) atoms. The maximum atomic E-state index is 12.3. The Morgan fingerprint density at radius 2 is 1.56 bits per heavy atom. The standard InChI is InChI=1S/C19H36O5Si/c1-8-17(20)16(7)18(24-25(10-3,11-4)12-5)15(6)13-14-23-19(21)22-9-2/h13,16,18H,8-12,14H2,1-7H3/b15-13+/t16-,18+/m0/s1. The Hall–Kier alpha value is -1.14. The number of Topliss-reactive ketones (excluding diaryl/α,β-unsaturated/α-hetero) is 1. The zero-order chi connectivity index (χ0) is 19.5. The number of rotatable bonds is 12. The van der Waals surface area contributed by atoms with Crippen LogP contribution >= 0.6 is 0 Å². The van der Waals surface area contributed by atoms with E-state index in [0.29, 0.717) is 6.42 Å². The SMILES string of the molecule is CCOC(=O)OC/C=C(\C)[C@@H](O[Si](CC)(CC)CC)[C@@H](C)C(=O)CC. The summed E-state index contributed by atoms with van der Waals surface area (Å²) in [4.78, 5) is 23.6. The highest BCUT2D eigenvalue weighted by Crippen LogP contribution is 2.29. The molecule has 5 nitrogen and oxygen atoms in total. The van der Waals surface area contributed by atoms with E-state index in [0.717, 1.165) is 23.7 Å². The first-order chi connectivity index (χ1) is 11.8. The summed E-state index contributed by atoms with van der Waals surface area (Å²) >= 11 is 0. The van der Waals surface area contributed by atoms with E-state index in [9.17, 15) is 9.59 Å². The van der Waals surface area contributed by atoms with Gasteiger partial charge in [-0.2, -0.15) is 0 Å². The van der Waals surface area contributed by atoms with E-state index in [-0.39, 0.29) is 31.0 Å². The molecule has 0 fully saturated rings. The van der Waals surface area contributed by atoms with Crippen molar-refractivity contribution in [1.29, 1.82) is 0 Å². The quantitative estimate of drug-likeness (QED) is 0.270. The Kier molecular flexibility index (Phi) is 11.7. The third kappa shape index (κ3) is 7.73. The lowest BCUT2D eigenvalue weighted by molar-refractivity contribution is -0.124. The Morgan fingerprint density at radius 3 is 2.00 bits per heavy atom. The largest absolute Gasteiger partial charge is 0.508 e. The predicted molar refractivity (Wildman–Crippen MR) is 103 cm³/mol. The molecule has 0 heterocycles. The van der Waals surface area contributed by atoms with Gasteiger partial charge in [-0.3, -0.25) is 4.79 Å². The number of ketones is 1. The van der Waals surface area contributed by atoms with Crippen LogP contribution in [0.3, 0.4) is 0 Å². The van der Waals surface area contributed by atoms with Gasteiger partial charge >= 0.3 is 6.16 Å². The second-order valence-corrected chi connectivity index (χ2v) is 11.1. The highest BCUT2D eigenvalue weighted by molar-refractivity contribution is 6.73. The van der Waals surface area contributed by atoms with Crippen LogP contribution in [0.1, 0.15) is 54.9 Å². The molecule has 0 aliphatic carbocycles. The van der Waals surface area contributed by atoms with Gasteiger partial charge in [0.05, 0.1) is 12.7 Å². The molecule has 146 valence electrons. The van der Waals surface area contributed by atoms with Crippen molar-refractivity contribution in [2.45, 2.75) is 79.1 Å². The Balaban J connectivity index is 5.29. The third-order valence-electron chi connectivity index (χ3n) is 4.94. The molecule has 0 aromatic carbocycles. The van der Waals surface area contributed by atoms with E-state index in [1.54, 1.807) is 6.92 Å². The minimum Gasteiger partial charge on any atom is -0.435 e. The average molecular weight is 373 g/mol. The maximum Gasteiger partial charge on any atom is 0.508 e. The lowest BCUT2D eigenvalue weighted by Gasteiger charge is -2.36. The number of carbonyl (C=O) groups is 2. The second kappa shape index (κ2) is 12.2. The van der Waals surface area contributed by atoms with Crippen LogP contribution in [-0.4, -0.2) is 39.6 Å². The summed E-state index contributed by atoms with van der Waals surface area (Å²) in [6.45, 7) is 14.4. The van der Waals surface area contributed by atoms with E-state index in [1.165, 1.54) is 0 Å². The molecule has 0 saturated heterocycles. The summed E-state index contributed by atoms with van der Waals surface area (Å²) in [5, 5.41) is 0. The minimum absolute atomic E-state index is 0.122. The second-order valence-electron chi connectivity index (χ2n) is 6.33. The van der Waals surface area contributed by atoms with E-state index < -0.39 is 14.5 Å². The summed E-state index contributed by atoms with van der Waals surface area (Å²) in [5.41, 5.74) is 0.936. The number of hydrogen-bond donors (Lipinski definition) is 0. The monoisotopic (exact) mass is 372 g/mol. The maximum absolute atomic E-state index is 12.3. The van der Waals surface area contributed by atoms with Gasteiger partial charge in [0.25, 0.3) is 0 Å². The van der Waals surface area contributed by atoms with Crippen LogP contribution < -0.4 is 0 Å². The summed E-state index contributed by atoms with van der Waals surface area (Å²) in [6.07, 6.45) is 1.37. The summed E-state index contributed by atoms with van der Waals surface area (Å²) in [7, 11) is -1.86. The molecule has 2 atom stereocenters. The molecular weight excluding hydrogens is 336 g/mol. The topological polar surface area (TPSA) is 61.8 Å². The van der Waals surface area contributed by atoms with Gasteiger partial charge in [0, 0.05) is 12.3 Å². The van der Waals surface area contributed by atoms with E-state index in [2.05, 4.69) is 20.8 Å². The van der Waals surface area contributed by atoms with Gasteiger partial charge in [-0.15, -0.1) is 0 Å². The van der Waals surface area contributed by atoms with Crippen LogP contribution in [0.2, 0.25) is 18.1 Å². The van der Waals surface area contributed by atoms with Crippen molar-refractivity contribution in [1.82, 2.24) is 0 Å². The van der Waals surface area contributed by atoms with Gasteiger partial charge in [-0.1, -0.05) is 34.6 Å². The number of ether oxygens (including phenoxy) is 2. The third-order valence-corrected chi connectivity index (χ3v) is 9.56. The first kappa shape index (κ1) is 23.9. The molecule has 0 saturated carbocycles. The van der Waals surface area contributed by atoms with Crippen molar-refractivity contribution in [3.05, 3.63) is 11.6 Å². The van der Waals surface area contributed by atoms with Gasteiger partial charge in [0.2, 0.25) is 0 Å². The van der Waals surface area contributed by atoms with Crippen LogP contribution in [0, 0.1) is 5.92 Å². The molecule has 6 heteroatoms. The molecule has 0 rings (SSSR count). The van der Waals surface area contributed by atoms with Gasteiger partial charge in [0.15, 0.2) is 8.32 Å². The Bertz CT molecular complexity index is 435.